The van der Waals surface area contributed by atoms with E-state index in [-0.39, 0.29) is 0 Å². The molecule has 1 spiro atoms. The number of rotatable bonds is 0. The molecule has 2 aliphatic rings. The van der Waals surface area contributed by atoms with Crippen LogP contribution >= 0.6 is 0 Å². The Labute approximate surface area is 62.4 Å². The van der Waals surface area contributed by atoms with Gasteiger partial charge in [0.25, 0.3) is 0 Å². The van der Waals surface area contributed by atoms with Crippen molar-refractivity contribution in [3.63, 3.8) is 0 Å². The zero-order valence-electron chi connectivity index (χ0n) is 5.41. The Kier molecular flexibility index (Phi) is 1.54. The summed E-state index contributed by atoms with van der Waals surface area (Å²) in [5.41, 5.74) is 0.415. The van der Waals surface area contributed by atoms with Gasteiger partial charge in [-0.2, -0.15) is 0 Å². The molecular formula is C6H12MnN2. The van der Waals surface area contributed by atoms with E-state index in [0.717, 1.165) is 15.4 Å². The van der Waals surface area contributed by atoms with Crippen molar-refractivity contribution in [1.29, 1.82) is 0 Å². The van der Waals surface area contributed by atoms with E-state index < -0.39 is 0 Å². The molecule has 2 rings (SSSR count). The van der Waals surface area contributed by atoms with Gasteiger partial charge in [0, 0.05) is 0 Å². The van der Waals surface area contributed by atoms with E-state index in [0.29, 0.717) is 5.66 Å². The first-order chi connectivity index (χ1) is 4.41. The van der Waals surface area contributed by atoms with Gasteiger partial charge < -0.3 is 0 Å². The average Bonchev–Trinajstić information content (AvgIpc) is 1.87. The van der Waals surface area contributed by atoms with Gasteiger partial charge in [0.2, 0.25) is 0 Å². The molecule has 0 aromatic heterocycles. The Hall–Kier alpha value is 0.439. The van der Waals surface area contributed by atoms with E-state index in [4.69, 9.17) is 0 Å². The second-order valence-electron chi connectivity index (χ2n) is 2.93. The van der Waals surface area contributed by atoms with Crippen molar-refractivity contribution in [3.8, 4) is 0 Å². The van der Waals surface area contributed by atoms with Gasteiger partial charge in [-0.1, -0.05) is 0 Å². The Morgan fingerprint density at radius 1 is 1.00 bits per heavy atom. The first-order valence-electron chi connectivity index (χ1n) is 3.59. The maximum atomic E-state index is 3.48. The summed E-state index contributed by atoms with van der Waals surface area (Å²) in [6, 6.07) is 0. The summed E-state index contributed by atoms with van der Waals surface area (Å²) in [4.78, 5) is 0. The van der Waals surface area contributed by atoms with Crippen molar-refractivity contribution < 1.29 is 15.4 Å². The third kappa shape index (κ3) is 1.03. The van der Waals surface area contributed by atoms with Crippen LogP contribution < -0.4 is 8.67 Å². The third-order valence-corrected chi connectivity index (χ3v) is 3.59. The zero-order chi connectivity index (χ0) is 6.16. The molecule has 0 amide bonds. The molecule has 2 N–H and O–H groups in total. The summed E-state index contributed by atoms with van der Waals surface area (Å²) < 4.78 is 6.96. The molecule has 0 radical (unpaired) electrons. The van der Waals surface area contributed by atoms with Gasteiger partial charge in [-0.05, 0) is 0 Å². The van der Waals surface area contributed by atoms with Gasteiger partial charge in [0.1, 0.15) is 0 Å². The zero-order valence-corrected chi connectivity index (χ0v) is 6.59. The molecule has 1 aliphatic carbocycles. The van der Waals surface area contributed by atoms with E-state index in [2.05, 4.69) is 8.67 Å². The molecule has 1 saturated heterocycles. The predicted octanol–water partition coefficient (Wildman–Crippen LogP) is 0.752. The Balaban J connectivity index is 1.93. The summed E-state index contributed by atoms with van der Waals surface area (Å²) in [5, 5.41) is 0. The minimum atomic E-state index is 0.415. The second kappa shape index (κ2) is 2.24. The van der Waals surface area contributed by atoms with E-state index in [1.165, 1.54) is 32.1 Å². The Morgan fingerprint density at radius 2 is 1.67 bits per heavy atom. The van der Waals surface area contributed by atoms with E-state index in [1.807, 2.05) is 0 Å². The molecule has 1 saturated carbocycles. The molecule has 0 aromatic rings. The summed E-state index contributed by atoms with van der Waals surface area (Å²) in [6.07, 6.45) is 6.95. The van der Waals surface area contributed by atoms with Gasteiger partial charge in [-0.15, -0.1) is 0 Å². The molecule has 2 nitrogen and oxygen atoms in total. The van der Waals surface area contributed by atoms with Gasteiger partial charge in [0.05, 0.1) is 0 Å². The molecule has 9 heavy (non-hydrogen) atoms. The van der Waals surface area contributed by atoms with Crippen LogP contribution in [0.15, 0.2) is 0 Å². The molecule has 0 unspecified atom stereocenters. The van der Waals surface area contributed by atoms with Crippen LogP contribution in [0.4, 0.5) is 0 Å². The first kappa shape index (κ1) is 6.17. The van der Waals surface area contributed by atoms with Gasteiger partial charge in [-0.3, -0.25) is 0 Å². The molecule has 1 heterocycles. The van der Waals surface area contributed by atoms with Crippen LogP contribution in [-0.4, -0.2) is 5.66 Å². The van der Waals surface area contributed by atoms with Crippen molar-refractivity contribution in [1.82, 2.24) is 8.67 Å². The normalized spacial score (nSPS) is 32.0. The van der Waals surface area contributed by atoms with Gasteiger partial charge in [-0.25, -0.2) is 0 Å². The quantitative estimate of drug-likeness (QED) is 0.520. The summed E-state index contributed by atoms with van der Waals surface area (Å²) in [6.45, 7) is 0. The predicted molar refractivity (Wildman–Crippen MR) is 32.1 cm³/mol. The van der Waals surface area contributed by atoms with Crippen molar-refractivity contribution in [2.75, 3.05) is 0 Å². The van der Waals surface area contributed by atoms with Crippen LogP contribution in [0.3, 0.4) is 0 Å². The fourth-order valence-electron chi connectivity index (χ4n) is 1.53. The van der Waals surface area contributed by atoms with Crippen molar-refractivity contribution in [3.05, 3.63) is 0 Å². The second-order valence-corrected chi connectivity index (χ2v) is 3.81. The van der Waals surface area contributed by atoms with Crippen molar-refractivity contribution >= 4 is 0 Å². The van der Waals surface area contributed by atoms with Crippen LogP contribution in [-0.2, 0) is 15.4 Å². The van der Waals surface area contributed by atoms with Crippen LogP contribution in [0.1, 0.15) is 32.1 Å². The number of hydrogen-bond acceptors (Lipinski definition) is 2. The summed E-state index contributed by atoms with van der Waals surface area (Å²) in [7, 11) is 0. The van der Waals surface area contributed by atoms with Crippen LogP contribution in [0.2, 0.25) is 0 Å². The maximum absolute atomic E-state index is 3.48. The van der Waals surface area contributed by atoms with Crippen LogP contribution in [0.25, 0.3) is 0 Å². The van der Waals surface area contributed by atoms with Gasteiger partial charge >= 0.3 is 61.8 Å². The SMILES string of the molecule is C1CCC2(CC1)[NH][Mn][NH]2. The number of nitrogens with one attached hydrogen (secondary N) is 2. The van der Waals surface area contributed by atoms with Crippen molar-refractivity contribution in [2.24, 2.45) is 0 Å². The Morgan fingerprint density at radius 3 is 2.00 bits per heavy atom. The fourth-order valence-corrected chi connectivity index (χ4v) is 2.68. The minimum absolute atomic E-state index is 0.415. The number of hydrogen-bond donors (Lipinski definition) is 2. The topological polar surface area (TPSA) is 24.1 Å². The average molecular weight is 167 g/mol. The van der Waals surface area contributed by atoms with Crippen LogP contribution in [0, 0.1) is 0 Å². The first-order valence-corrected chi connectivity index (χ1v) is 4.77. The summed E-state index contributed by atoms with van der Waals surface area (Å²) in [5.74, 6) is 0. The monoisotopic (exact) mass is 167 g/mol. The molecular weight excluding hydrogens is 155 g/mol. The van der Waals surface area contributed by atoms with E-state index >= 15 is 0 Å². The van der Waals surface area contributed by atoms with Crippen molar-refractivity contribution in [2.45, 2.75) is 37.8 Å². The molecule has 53 valence electrons. The summed E-state index contributed by atoms with van der Waals surface area (Å²) >= 11 is 0.797. The Bertz CT molecular complexity index is 104. The molecule has 3 heteroatoms. The van der Waals surface area contributed by atoms with Gasteiger partial charge in [0.15, 0.2) is 0 Å². The van der Waals surface area contributed by atoms with E-state index in [1.54, 1.807) is 0 Å². The molecule has 0 aromatic carbocycles. The van der Waals surface area contributed by atoms with E-state index in [9.17, 15) is 0 Å². The molecule has 1 aliphatic heterocycles. The molecule has 2 fully saturated rings. The molecule has 0 bridgehead atoms. The van der Waals surface area contributed by atoms with Crippen LogP contribution in [0.5, 0.6) is 0 Å². The third-order valence-electron chi connectivity index (χ3n) is 2.16. The molecule has 0 atom stereocenters. The fraction of sp³-hybridized carbons (Fsp3) is 1.00. The standard InChI is InChI=1S/C6H12N2.Mn/c7-6(8)4-2-1-3-5-6;/h7-8H,1-5H2;/q-2;+2.